The molecule has 0 fully saturated rings. The summed E-state index contributed by atoms with van der Waals surface area (Å²) in [6.45, 7) is -0.681. The minimum absolute atomic E-state index is 0.0326. The molecule has 16 heavy (non-hydrogen) atoms. The van der Waals surface area contributed by atoms with E-state index in [4.69, 9.17) is 0 Å². The standard InChI is InChI=1S/C10H8F3NO2/c11-5-4-6-2-1-3-7-8(6)16-10(12,13)9(15)14-7/h1-3H,4-5H2,(H,14,15). The van der Waals surface area contributed by atoms with E-state index >= 15 is 0 Å². The van der Waals surface area contributed by atoms with Gasteiger partial charge in [0.2, 0.25) is 0 Å². The van der Waals surface area contributed by atoms with Gasteiger partial charge in [0.1, 0.15) is 0 Å². The number of hydrogen-bond acceptors (Lipinski definition) is 2. The first-order valence-corrected chi connectivity index (χ1v) is 4.61. The molecule has 2 rings (SSSR count). The molecule has 0 unspecified atom stereocenters. The zero-order valence-corrected chi connectivity index (χ0v) is 8.10. The second-order valence-corrected chi connectivity index (χ2v) is 3.31. The average Bonchev–Trinajstić information content (AvgIpc) is 2.21. The molecule has 3 nitrogen and oxygen atoms in total. The van der Waals surface area contributed by atoms with Gasteiger partial charge in [-0.2, -0.15) is 8.78 Å². The van der Waals surface area contributed by atoms with Crippen molar-refractivity contribution in [1.82, 2.24) is 0 Å². The minimum atomic E-state index is -3.90. The maximum Gasteiger partial charge on any atom is 0.482 e. The van der Waals surface area contributed by atoms with E-state index < -0.39 is 18.7 Å². The Labute approximate surface area is 89.2 Å². The summed E-state index contributed by atoms with van der Waals surface area (Å²) in [7, 11) is 0. The first-order chi connectivity index (χ1) is 7.54. The molecular weight excluding hydrogens is 223 g/mol. The fourth-order valence-electron chi connectivity index (χ4n) is 1.47. The Morgan fingerprint density at radius 1 is 1.38 bits per heavy atom. The van der Waals surface area contributed by atoms with Crippen molar-refractivity contribution in [2.24, 2.45) is 0 Å². The van der Waals surface area contributed by atoms with Crippen LogP contribution < -0.4 is 10.1 Å². The molecule has 0 aromatic heterocycles. The normalized spacial score (nSPS) is 17.3. The number of carbonyl (C=O) groups is 1. The monoisotopic (exact) mass is 231 g/mol. The van der Waals surface area contributed by atoms with Gasteiger partial charge in [-0.1, -0.05) is 12.1 Å². The zero-order valence-electron chi connectivity index (χ0n) is 8.10. The van der Waals surface area contributed by atoms with Crippen LogP contribution in [0.15, 0.2) is 18.2 Å². The van der Waals surface area contributed by atoms with Crippen LogP contribution in [-0.2, 0) is 11.2 Å². The molecule has 1 heterocycles. The first-order valence-electron chi connectivity index (χ1n) is 4.61. The molecule has 86 valence electrons. The Morgan fingerprint density at radius 3 is 2.81 bits per heavy atom. The number of aryl methyl sites for hydroxylation is 1. The van der Waals surface area contributed by atoms with E-state index in [0.29, 0.717) is 5.56 Å². The van der Waals surface area contributed by atoms with Crippen LogP contribution in [0.4, 0.5) is 18.9 Å². The van der Waals surface area contributed by atoms with Crippen LogP contribution in [0, 0.1) is 0 Å². The number of anilines is 1. The minimum Gasteiger partial charge on any atom is -0.423 e. The third-order valence-corrected chi connectivity index (χ3v) is 2.20. The number of fused-ring (bicyclic) bond motifs is 1. The molecular formula is C10H8F3NO2. The number of halogens is 3. The number of hydrogen-bond donors (Lipinski definition) is 1. The van der Waals surface area contributed by atoms with E-state index in [1.807, 2.05) is 5.32 Å². The van der Waals surface area contributed by atoms with E-state index in [9.17, 15) is 18.0 Å². The van der Waals surface area contributed by atoms with Gasteiger partial charge < -0.3 is 10.1 Å². The van der Waals surface area contributed by atoms with Crippen molar-refractivity contribution in [3.8, 4) is 5.75 Å². The molecule has 0 radical (unpaired) electrons. The molecule has 1 aromatic carbocycles. The van der Waals surface area contributed by atoms with Crippen LogP contribution in [0.25, 0.3) is 0 Å². The van der Waals surface area contributed by atoms with Gasteiger partial charge in [0.05, 0.1) is 12.4 Å². The van der Waals surface area contributed by atoms with Crippen LogP contribution in [-0.4, -0.2) is 18.7 Å². The predicted molar refractivity (Wildman–Crippen MR) is 50.3 cm³/mol. The second kappa shape index (κ2) is 3.70. The number of ether oxygens (including phenoxy) is 1. The summed E-state index contributed by atoms with van der Waals surface area (Å²) in [4.78, 5) is 10.9. The fraction of sp³-hybridized carbons (Fsp3) is 0.300. The van der Waals surface area contributed by atoms with Crippen LogP contribution in [0.2, 0.25) is 0 Å². The van der Waals surface area contributed by atoms with Crippen LogP contribution >= 0.6 is 0 Å². The number of alkyl halides is 3. The molecule has 0 aliphatic carbocycles. The van der Waals surface area contributed by atoms with Crippen molar-refractivity contribution in [2.75, 3.05) is 12.0 Å². The van der Waals surface area contributed by atoms with Crippen molar-refractivity contribution in [3.63, 3.8) is 0 Å². The average molecular weight is 231 g/mol. The molecule has 0 atom stereocenters. The topological polar surface area (TPSA) is 38.3 Å². The first kappa shape index (κ1) is 10.8. The molecule has 6 heteroatoms. The van der Waals surface area contributed by atoms with Gasteiger partial charge in [-0.25, -0.2) is 0 Å². The molecule has 0 bridgehead atoms. The molecule has 1 aromatic rings. The summed E-state index contributed by atoms with van der Waals surface area (Å²) in [5.41, 5.74) is 0.446. The van der Waals surface area contributed by atoms with Crippen LogP contribution in [0.1, 0.15) is 5.56 Å². The van der Waals surface area contributed by atoms with Crippen LogP contribution in [0.3, 0.4) is 0 Å². The van der Waals surface area contributed by atoms with Crippen molar-refractivity contribution in [1.29, 1.82) is 0 Å². The molecule has 1 aliphatic rings. The largest absolute Gasteiger partial charge is 0.482 e. The Bertz CT molecular complexity index is 434. The third-order valence-electron chi connectivity index (χ3n) is 2.20. The highest BCUT2D eigenvalue weighted by Crippen LogP contribution is 2.38. The molecule has 0 saturated heterocycles. The Hall–Kier alpha value is -1.72. The number of amides is 1. The van der Waals surface area contributed by atoms with Gasteiger partial charge in [0.25, 0.3) is 0 Å². The summed E-state index contributed by atoms with van der Waals surface area (Å²) in [5.74, 6) is -1.68. The number of nitrogens with one attached hydrogen (secondary N) is 1. The quantitative estimate of drug-likeness (QED) is 0.846. The molecule has 1 N–H and O–H groups in total. The number of carbonyl (C=O) groups excluding carboxylic acids is 1. The highest BCUT2D eigenvalue weighted by molar-refractivity contribution is 5.98. The summed E-state index contributed by atoms with van der Waals surface area (Å²) in [6.07, 6.45) is -3.94. The van der Waals surface area contributed by atoms with Crippen molar-refractivity contribution in [3.05, 3.63) is 23.8 Å². The highest BCUT2D eigenvalue weighted by Gasteiger charge is 2.46. The summed E-state index contributed by atoms with van der Waals surface area (Å²) >= 11 is 0. The van der Waals surface area contributed by atoms with Gasteiger partial charge in [0.15, 0.2) is 5.75 Å². The Kier molecular flexibility index (Phi) is 2.49. The van der Waals surface area contributed by atoms with Gasteiger partial charge >= 0.3 is 12.0 Å². The molecule has 0 spiro atoms. The second-order valence-electron chi connectivity index (χ2n) is 3.31. The van der Waals surface area contributed by atoms with E-state index in [2.05, 4.69) is 4.74 Å². The molecule has 1 amide bonds. The zero-order chi connectivity index (χ0) is 11.8. The van der Waals surface area contributed by atoms with E-state index in [1.165, 1.54) is 18.2 Å². The van der Waals surface area contributed by atoms with Gasteiger partial charge in [-0.3, -0.25) is 9.18 Å². The molecule has 1 aliphatic heterocycles. The maximum absolute atomic E-state index is 13.0. The highest BCUT2D eigenvalue weighted by atomic mass is 19.3. The van der Waals surface area contributed by atoms with Gasteiger partial charge in [-0.15, -0.1) is 0 Å². The summed E-state index contributed by atoms with van der Waals surface area (Å²) in [6, 6.07) is 4.44. The van der Waals surface area contributed by atoms with Gasteiger partial charge in [-0.05, 0) is 11.6 Å². The van der Waals surface area contributed by atoms with E-state index in [0.717, 1.165) is 0 Å². The maximum atomic E-state index is 13.0. The fourth-order valence-corrected chi connectivity index (χ4v) is 1.47. The SMILES string of the molecule is O=C1Nc2cccc(CCF)c2OC1(F)F. The lowest BCUT2D eigenvalue weighted by Gasteiger charge is -2.26. The van der Waals surface area contributed by atoms with Crippen molar-refractivity contribution >= 4 is 11.6 Å². The smallest absolute Gasteiger partial charge is 0.423 e. The van der Waals surface area contributed by atoms with Crippen molar-refractivity contribution < 1.29 is 22.7 Å². The van der Waals surface area contributed by atoms with E-state index in [-0.39, 0.29) is 17.9 Å². The van der Waals surface area contributed by atoms with E-state index in [1.54, 1.807) is 0 Å². The van der Waals surface area contributed by atoms with Crippen molar-refractivity contribution in [2.45, 2.75) is 12.5 Å². The van der Waals surface area contributed by atoms with Crippen LogP contribution in [0.5, 0.6) is 5.75 Å². The Morgan fingerprint density at radius 2 is 2.12 bits per heavy atom. The number of rotatable bonds is 2. The third kappa shape index (κ3) is 1.70. The summed E-state index contributed by atoms with van der Waals surface area (Å²) < 4.78 is 42.4. The number of benzene rings is 1. The lowest BCUT2D eigenvalue weighted by molar-refractivity contribution is -0.189. The summed E-state index contributed by atoms with van der Waals surface area (Å²) in [5, 5.41) is 2.01. The van der Waals surface area contributed by atoms with Gasteiger partial charge in [0, 0.05) is 6.42 Å². The lowest BCUT2D eigenvalue weighted by atomic mass is 10.1. The lowest BCUT2D eigenvalue weighted by Crippen LogP contribution is -2.43. The predicted octanol–water partition coefficient (Wildman–Crippen LogP) is 2.12. The number of para-hydroxylation sites is 1. The Balaban J connectivity index is 2.43. The molecule has 0 saturated carbocycles.